The molecule has 0 saturated carbocycles. The number of likely N-dealkylation sites (tertiary alicyclic amines) is 1. The minimum Gasteiger partial charge on any atom is -0.454 e. The van der Waals surface area contributed by atoms with E-state index in [0.29, 0.717) is 18.4 Å². The molecule has 1 saturated heterocycles. The van der Waals surface area contributed by atoms with Gasteiger partial charge < -0.3 is 4.74 Å². The maximum Gasteiger partial charge on any atom is 0.326 e. The Labute approximate surface area is 160 Å². The molecule has 4 amide bonds. The van der Waals surface area contributed by atoms with Crippen molar-refractivity contribution in [2.24, 2.45) is 11.8 Å². The Kier molecular flexibility index (Phi) is 5.83. The zero-order chi connectivity index (χ0) is 20.1. The maximum absolute atomic E-state index is 12.3. The summed E-state index contributed by atoms with van der Waals surface area (Å²) in [7, 11) is 0. The number of imide groups is 1. The van der Waals surface area contributed by atoms with Crippen molar-refractivity contribution < 1.29 is 28.7 Å². The van der Waals surface area contributed by atoms with Crippen molar-refractivity contribution in [3.05, 3.63) is 48.0 Å². The SMILES string of the molecule is O=C(COC(=O)CN1C(=O)[C@H]2CC=CC[C@H]2C1=O)NNC(=O)c1ccccc1. The number of allylic oxidation sites excluding steroid dienone is 2. The largest absolute Gasteiger partial charge is 0.454 e. The highest BCUT2D eigenvalue weighted by atomic mass is 16.5. The normalized spacial score (nSPS) is 20.5. The van der Waals surface area contributed by atoms with Crippen LogP contribution >= 0.6 is 0 Å². The molecular weight excluding hydrogens is 366 g/mol. The van der Waals surface area contributed by atoms with Crippen molar-refractivity contribution in [1.29, 1.82) is 0 Å². The molecule has 1 aliphatic carbocycles. The molecule has 0 spiro atoms. The van der Waals surface area contributed by atoms with Gasteiger partial charge in [0.15, 0.2) is 6.61 Å². The highest BCUT2D eigenvalue weighted by molar-refractivity contribution is 6.07. The number of amides is 4. The van der Waals surface area contributed by atoms with Gasteiger partial charge in [-0.05, 0) is 25.0 Å². The zero-order valence-electron chi connectivity index (χ0n) is 14.9. The third-order valence-electron chi connectivity index (χ3n) is 4.60. The standard InChI is InChI=1S/C19H19N3O6/c23-15(20-21-17(25)12-6-2-1-3-7-12)11-28-16(24)10-22-18(26)13-8-4-5-9-14(13)19(22)27/h1-7,13-14H,8-11H2,(H,20,23)(H,21,25)/t13-,14+. The van der Waals surface area contributed by atoms with E-state index in [1.54, 1.807) is 30.3 Å². The lowest BCUT2D eigenvalue weighted by Crippen LogP contribution is -2.44. The van der Waals surface area contributed by atoms with Crippen molar-refractivity contribution in [3.63, 3.8) is 0 Å². The number of fused-ring (bicyclic) bond motifs is 1. The lowest BCUT2D eigenvalue weighted by molar-refractivity contribution is -0.155. The van der Waals surface area contributed by atoms with Crippen LogP contribution in [0.15, 0.2) is 42.5 Å². The second-order valence-electron chi connectivity index (χ2n) is 6.45. The summed E-state index contributed by atoms with van der Waals surface area (Å²) in [6.07, 6.45) is 4.65. The molecular formula is C19H19N3O6. The van der Waals surface area contributed by atoms with Gasteiger partial charge in [0, 0.05) is 5.56 Å². The second kappa shape index (κ2) is 8.47. The Morgan fingerprint density at radius 3 is 2.18 bits per heavy atom. The number of carbonyl (C=O) groups excluding carboxylic acids is 5. The van der Waals surface area contributed by atoms with E-state index in [1.807, 2.05) is 12.2 Å². The van der Waals surface area contributed by atoms with Gasteiger partial charge in [-0.15, -0.1) is 0 Å². The molecule has 0 unspecified atom stereocenters. The molecule has 1 fully saturated rings. The van der Waals surface area contributed by atoms with Crippen LogP contribution in [0.4, 0.5) is 0 Å². The molecule has 2 atom stereocenters. The van der Waals surface area contributed by atoms with Gasteiger partial charge in [-0.1, -0.05) is 30.4 Å². The third kappa shape index (κ3) is 4.25. The van der Waals surface area contributed by atoms with Crippen LogP contribution in [0.2, 0.25) is 0 Å². The van der Waals surface area contributed by atoms with Crippen LogP contribution < -0.4 is 10.9 Å². The van der Waals surface area contributed by atoms with Crippen molar-refractivity contribution in [3.8, 4) is 0 Å². The van der Waals surface area contributed by atoms with Crippen LogP contribution in [-0.2, 0) is 23.9 Å². The van der Waals surface area contributed by atoms with Gasteiger partial charge in [-0.2, -0.15) is 0 Å². The second-order valence-corrected chi connectivity index (χ2v) is 6.45. The fraction of sp³-hybridized carbons (Fsp3) is 0.316. The Morgan fingerprint density at radius 1 is 0.964 bits per heavy atom. The fourth-order valence-electron chi connectivity index (χ4n) is 3.17. The summed E-state index contributed by atoms with van der Waals surface area (Å²) in [6.45, 7) is -1.19. The van der Waals surface area contributed by atoms with Gasteiger partial charge in [0.25, 0.3) is 11.8 Å². The van der Waals surface area contributed by atoms with E-state index >= 15 is 0 Å². The summed E-state index contributed by atoms with van der Waals surface area (Å²) < 4.78 is 4.79. The first-order chi connectivity index (χ1) is 13.5. The van der Waals surface area contributed by atoms with Crippen LogP contribution in [0.1, 0.15) is 23.2 Å². The molecule has 2 N–H and O–H groups in total. The number of benzene rings is 1. The predicted octanol–water partition coefficient (Wildman–Crippen LogP) is -0.0580. The van der Waals surface area contributed by atoms with Crippen molar-refractivity contribution in [2.75, 3.05) is 13.2 Å². The summed E-state index contributed by atoms with van der Waals surface area (Å²) in [6, 6.07) is 8.23. The first-order valence-corrected chi connectivity index (χ1v) is 8.77. The Hall–Kier alpha value is -3.49. The molecule has 1 aromatic rings. The highest BCUT2D eigenvalue weighted by Gasteiger charge is 2.47. The number of hydrogen-bond donors (Lipinski definition) is 2. The summed E-state index contributed by atoms with van der Waals surface area (Å²) in [5.41, 5.74) is 4.65. The third-order valence-corrected chi connectivity index (χ3v) is 4.60. The molecule has 9 nitrogen and oxygen atoms in total. The molecule has 1 heterocycles. The Bertz CT molecular complexity index is 809. The molecule has 146 valence electrons. The van der Waals surface area contributed by atoms with Crippen molar-refractivity contribution in [2.45, 2.75) is 12.8 Å². The number of nitrogens with one attached hydrogen (secondary N) is 2. The monoisotopic (exact) mass is 385 g/mol. The van der Waals surface area contributed by atoms with Crippen molar-refractivity contribution >= 4 is 29.6 Å². The quantitative estimate of drug-likeness (QED) is 0.317. The van der Waals surface area contributed by atoms with Gasteiger partial charge in [0.05, 0.1) is 11.8 Å². The van der Waals surface area contributed by atoms with E-state index in [-0.39, 0.29) is 0 Å². The van der Waals surface area contributed by atoms with E-state index in [2.05, 4.69) is 10.9 Å². The number of hydrogen-bond acceptors (Lipinski definition) is 6. The molecule has 0 bridgehead atoms. The van der Waals surface area contributed by atoms with E-state index in [1.165, 1.54) is 0 Å². The average molecular weight is 385 g/mol. The zero-order valence-corrected chi connectivity index (χ0v) is 14.9. The van der Waals surface area contributed by atoms with E-state index in [0.717, 1.165) is 4.90 Å². The Balaban J connectivity index is 1.42. The van der Waals surface area contributed by atoms with E-state index in [9.17, 15) is 24.0 Å². The summed E-state index contributed by atoms with van der Waals surface area (Å²) in [5.74, 6) is -3.80. The average Bonchev–Trinajstić information content (AvgIpc) is 2.96. The van der Waals surface area contributed by atoms with Gasteiger partial charge in [0.1, 0.15) is 6.54 Å². The van der Waals surface area contributed by atoms with Gasteiger partial charge in [-0.25, -0.2) is 0 Å². The molecule has 2 aliphatic rings. The molecule has 28 heavy (non-hydrogen) atoms. The van der Waals surface area contributed by atoms with Crippen LogP contribution in [0, 0.1) is 11.8 Å². The van der Waals surface area contributed by atoms with Crippen LogP contribution in [0.3, 0.4) is 0 Å². The topological polar surface area (TPSA) is 122 Å². The first-order valence-electron chi connectivity index (χ1n) is 8.77. The minimum absolute atomic E-state index is 0.349. The van der Waals surface area contributed by atoms with E-state index < -0.39 is 54.6 Å². The smallest absolute Gasteiger partial charge is 0.326 e. The predicted molar refractivity (Wildman–Crippen MR) is 95.1 cm³/mol. The lowest BCUT2D eigenvalue weighted by Gasteiger charge is -2.14. The number of nitrogens with zero attached hydrogens (tertiary/aromatic N) is 1. The number of rotatable bonds is 5. The first kappa shape index (κ1) is 19.3. The van der Waals surface area contributed by atoms with Crippen LogP contribution in [-0.4, -0.2) is 47.6 Å². The number of hydrazine groups is 1. The van der Waals surface area contributed by atoms with Gasteiger partial charge >= 0.3 is 5.97 Å². The fourth-order valence-corrected chi connectivity index (χ4v) is 3.17. The minimum atomic E-state index is -0.877. The molecule has 3 rings (SSSR count). The van der Waals surface area contributed by atoms with E-state index in [4.69, 9.17) is 4.74 Å². The number of carbonyl (C=O) groups is 5. The molecule has 1 aromatic carbocycles. The molecule has 1 aliphatic heterocycles. The molecule has 9 heteroatoms. The lowest BCUT2D eigenvalue weighted by atomic mass is 9.85. The molecule has 0 aromatic heterocycles. The van der Waals surface area contributed by atoms with Crippen LogP contribution in [0.25, 0.3) is 0 Å². The molecule has 0 radical (unpaired) electrons. The summed E-state index contributed by atoms with van der Waals surface area (Å²) >= 11 is 0. The summed E-state index contributed by atoms with van der Waals surface area (Å²) in [5, 5.41) is 0. The van der Waals surface area contributed by atoms with Gasteiger partial charge in [0.2, 0.25) is 11.8 Å². The Morgan fingerprint density at radius 2 is 1.57 bits per heavy atom. The number of esters is 1. The number of ether oxygens (including phenoxy) is 1. The maximum atomic E-state index is 12.3. The van der Waals surface area contributed by atoms with Gasteiger partial charge in [-0.3, -0.25) is 39.7 Å². The van der Waals surface area contributed by atoms with Crippen LogP contribution in [0.5, 0.6) is 0 Å². The summed E-state index contributed by atoms with van der Waals surface area (Å²) in [4.78, 5) is 60.8. The van der Waals surface area contributed by atoms with Crippen molar-refractivity contribution in [1.82, 2.24) is 15.8 Å². The highest BCUT2D eigenvalue weighted by Crippen LogP contribution is 2.34.